The van der Waals surface area contributed by atoms with E-state index in [2.05, 4.69) is 10.3 Å². The molecule has 1 amide bonds. The lowest BCUT2D eigenvalue weighted by Crippen LogP contribution is -2.59. The second-order valence-electron chi connectivity index (χ2n) is 4.60. The zero-order valence-corrected chi connectivity index (χ0v) is 10.9. The molecule has 0 radical (unpaired) electrons. The fourth-order valence-corrected chi connectivity index (χ4v) is 1.47. The first-order valence-electron chi connectivity index (χ1n) is 5.88. The van der Waals surface area contributed by atoms with Crippen molar-refractivity contribution in [1.82, 2.24) is 4.98 Å². The largest absolute Gasteiger partial charge is 0.444 e. The number of nitrogens with one attached hydrogen (secondary N) is 1. The zero-order chi connectivity index (χ0) is 15.7. The monoisotopic (exact) mass is 299 g/mol. The Labute approximate surface area is 118 Å². The van der Waals surface area contributed by atoms with E-state index in [0.29, 0.717) is 18.2 Å². The fourth-order valence-electron chi connectivity index (χ4n) is 1.47. The second-order valence-corrected chi connectivity index (χ2v) is 4.60. The maximum atomic E-state index is 12.6. The molecule has 1 aromatic heterocycles. The molecule has 0 aliphatic heterocycles. The molecule has 0 bridgehead atoms. The third-order valence-corrected chi connectivity index (χ3v) is 2.92. The van der Waals surface area contributed by atoms with Crippen molar-refractivity contribution in [2.75, 3.05) is 5.32 Å². The van der Waals surface area contributed by atoms with Crippen LogP contribution in [0.2, 0.25) is 0 Å². The molecule has 1 aromatic carbocycles. The summed E-state index contributed by atoms with van der Waals surface area (Å²) in [6, 6.07) is 6.06. The standard InChI is InChI=1S/C13H12F3N3O2/c1-12(17,13(14,15)16)11(20)19-9-4-2-8(3-5-9)10-6-18-7-21-10/h2-7H,17H2,1H3,(H,19,20). The van der Waals surface area contributed by atoms with Crippen molar-refractivity contribution in [2.24, 2.45) is 5.73 Å². The smallest absolute Gasteiger partial charge is 0.415 e. The molecule has 1 unspecified atom stereocenters. The molecular weight excluding hydrogens is 287 g/mol. The Balaban J connectivity index is 2.12. The SMILES string of the molecule is CC(N)(C(=O)Nc1ccc(-c2cnco2)cc1)C(F)(F)F. The van der Waals surface area contributed by atoms with Gasteiger partial charge in [0.25, 0.3) is 5.91 Å². The number of nitrogens with zero attached hydrogens (tertiary/aromatic N) is 1. The molecule has 3 N–H and O–H groups in total. The third-order valence-electron chi connectivity index (χ3n) is 2.92. The fraction of sp³-hybridized carbons (Fsp3) is 0.231. The number of hydrogen-bond acceptors (Lipinski definition) is 4. The van der Waals surface area contributed by atoms with Crippen molar-refractivity contribution in [2.45, 2.75) is 18.6 Å². The van der Waals surface area contributed by atoms with Crippen LogP contribution in [0.1, 0.15) is 6.92 Å². The Bertz CT molecular complexity index is 619. The predicted molar refractivity (Wildman–Crippen MR) is 69.2 cm³/mol. The van der Waals surface area contributed by atoms with Gasteiger partial charge in [0.2, 0.25) is 0 Å². The van der Waals surface area contributed by atoms with Crippen LogP contribution in [0.15, 0.2) is 41.3 Å². The lowest BCUT2D eigenvalue weighted by Gasteiger charge is -2.26. The molecule has 8 heteroatoms. The number of oxazole rings is 1. The summed E-state index contributed by atoms with van der Waals surface area (Å²) < 4.78 is 43.0. The van der Waals surface area contributed by atoms with E-state index in [1.165, 1.54) is 24.7 Å². The summed E-state index contributed by atoms with van der Waals surface area (Å²) in [4.78, 5) is 15.4. The molecule has 0 fully saturated rings. The number of carbonyl (C=O) groups excluding carboxylic acids is 1. The van der Waals surface area contributed by atoms with E-state index in [9.17, 15) is 18.0 Å². The number of halogens is 3. The summed E-state index contributed by atoms with van der Waals surface area (Å²) in [7, 11) is 0. The summed E-state index contributed by atoms with van der Waals surface area (Å²) in [6.07, 6.45) is -2.08. The minimum atomic E-state index is -4.84. The quantitative estimate of drug-likeness (QED) is 0.912. The molecule has 1 heterocycles. The first kappa shape index (κ1) is 15.0. The highest BCUT2D eigenvalue weighted by Crippen LogP contribution is 2.29. The van der Waals surface area contributed by atoms with Crippen LogP contribution in [-0.2, 0) is 4.79 Å². The van der Waals surface area contributed by atoms with Crippen LogP contribution < -0.4 is 11.1 Å². The first-order valence-corrected chi connectivity index (χ1v) is 5.88. The van der Waals surface area contributed by atoms with Gasteiger partial charge in [0.05, 0.1) is 6.20 Å². The van der Waals surface area contributed by atoms with Gasteiger partial charge in [0, 0.05) is 11.3 Å². The van der Waals surface area contributed by atoms with Gasteiger partial charge in [-0.3, -0.25) is 4.79 Å². The molecule has 112 valence electrons. The summed E-state index contributed by atoms with van der Waals surface area (Å²) in [5.41, 5.74) is 2.95. The van der Waals surface area contributed by atoms with Gasteiger partial charge in [-0.1, -0.05) is 0 Å². The van der Waals surface area contributed by atoms with E-state index in [-0.39, 0.29) is 5.69 Å². The van der Waals surface area contributed by atoms with Crippen LogP contribution in [0.3, 0.4) is 0 Å². The van der Waals surface area contributed by atoms with Crippen molar-refractivity contribution in [1.29, 1.82) is 0 Å². The van der Waals surface area contributed by atoms with Gasteiger partial charge in [0.15, 0.2) is 17.7 Å². The summed E-state index contributed by atoms with van der Waals surface area (Å²) >= 11 is 0. The number of anilines is 1. The molecule has 5 nitrogen and oxygen atoms in total. The Kier molecular flexibility index (Phi) is 3.73. The third kappa shape index (κ3) is 3.05. The minimum Gasteiger partial charge on any atom is -0.444 e. The van der Waals surface area contributed by atoms with Gasteiger partial charge < -0.3 is 15.5 Å². The van der Waals surface area contributed by atoms with E-state index in [1.807, 2.05) is 0 Å². The van der Waals surface area contributed by atoms with Gasteiger partial charge in [-0.2, -0.15) is 13.2 Å². The molecule has 21 heavy (non-hydrogen) atoms. The van der Waals surface area contributed by atoms with Crippen LogP contribution in [0.25, 0.3) is 11.3 Å². The number of alkyl halides is 3. The van der Waals surface area contributed by atoms with E-state index >= 15 is 0 Å². The second kappa shape index (κ2) is 5.21. The van der Waals surface area contributed by atoms with E-state index in [0.717, 1.165) is 0 Å². The number of amides is 1. The predicted octanol–water partition coefficient (Wildman–Crippen LogP) is 2.56. The number of benzene rings is 1. The highest BCUT2D eigenvalue weighted by atomic mass is 19.4. The topological polar surface area (TPSA) is 81.2 Å². The van der Waals surface area contributed by atoms with Crippen molar-refractivity contribution >= 4 is 11.6 Å². The van der Waals surface area contributed by atoms with Crippen LogP contribution in [0.5, 0.6) is 0 Å². The van der Waals surface area contributed by atoms with E-state index < -0.39 is 17.6 Å². The van der Waals surface area contributed by atoms with Crippen LogP contribution in [0, 0.1) is 0 Å². The lowest BCUT2D eigenvalue weighted by molar-refractivity contribution is -0.184. The van der Waals surface area contributed by atoms with Crippen LogP contribution in [0.4, 0.5) is 18.9 Å². The summed E-state index contributed by atoms with van der Waals surface area (Å²) in [5.74, 6) is -0.825. The molecule has 0 saturated carbocycles. The van der Waals surface area contributed by atoms with Crippen molar-refractivity contribution < 1.29 is 22.4 Å². The van der Waals surface area contributed by atoms with E-state index in [1.54, 1.807) is 12.1 Å². The Morgan fingerprint density at radius 3 is 2.38 bits per heavy atom. The first-order chi connectivity index (χ1) is 9.72. The van der Waals surface area contributed by atoms with Gasteiger partial charge in [-0.25, -0.2) is 4.98 Å². The molecule has 0 aliphatic rings. The maximum Gasteiger partial charge on any atom is 0.415 e. The molecule has 2 rings (SSSR count). The normalized spacial score (nSPS) is 14.5. The van der Waals surface area contributed by atoms with Crippen molar-refractivity contribution in [3.63, 3.8) is 0 Å². The molecule has 2 aromatic rings. The molecular formula is C13H12F3N3O2. The molecule has 0 saturated heterocycles. The maximum absolute atomic E-state index is 12.6. The van der Waals surface area contributed by atoms with Crippen molar-refractivity contribution in [3.8, 4) is 11.3 Å². The summed E-state index contributed by atoms with van der Waals surface area (Å²) in [5, 5.41) is 2.13. The zero-order valence-electron chi connectivity index (χ0n) is 10.9. The average Bonchev–Trinajstić information content (AvgIpc) is 2.92. The molecule has 0 aliphatic carbocycles. The molecule has 0 spiro atoms. The Morgan fingerprint density at radius 1 is 1.29 bits per heavy atom. The van der Waals surface area contributed by atoms with Gasteiger partial charge in [-0.05, 0) is 31.2 Å². The summed E-state index contributed by atoms with van der Waals surface area (Å²) in [6.45, 7) is 0.616. The molecule has 1 atom stereocenters. The van der Waals surface area contributed by atoms with Gasteiger partial charge in [0.1, 0.15) is 0 Å². The van der Waals surface area contributed by atoms with Crippen LogP contribution in [-0.4, -0.2) is 22.6 Å². The Hall–Kier alpha value is -2.35. The number of carbonyl (C=O) groups is 1. The van der Waals surface area contributed by atoms with Gasteiger partial charge >= 0.3 is 6.18 Å². The van der Waals surface area contributed by atoms with Gasteiger partial charge in [-0.15, -0.1) is 0 Å². The number of aromatic nitrogens is 1. The number of hydrogen-bond donors (Lipinski definition) is 2. The van der Waals surface area contributed by atoms with Crippen molar-refractivity contribution in [3.05, 3.63) is 36.9 Å². The number of rotatable bonds is 3. The minimum absolute atomic E-state index is 0.198. The number of nitrogens with two attached hydrogens (primary N) is 1. The van der Waals surface area contributed by atoms with E-state index in [4.69, 9.17) is 10.2 Å². The highest BCUT2D eigenvalue weighted by molar-refractivity contribution is 5.98. The highest BCUT2D eigenvalue weighted by Gasteiger charge is 2.53. The Morgan fingerprint density at radius 2 is 1.90 bits per heavy atom. The lowest BCUT2D eigenvalue weighted by atomic mass is 10.0. The van der Waals surface area contributed by atoms with Crippen LogP contribution >= 0.6 is 0 Å². The average molecular weight is 299 g/mol.